The van der Waals surface area contributed by atoms with Crippen LogP contribution in [0.5, 0.6) is 0 Å². The van der Waals surface area contributed by atoms with Crippen LogP contribution < -0.4 is 16.0 Å². The molecule has 0 bridgehead atoms. The highest BCUT2D eigenvalue weighted by Crippen LogP contribution is 2.29. The van der Waals surface area contributed by atoms with E-state index in [1.165, 1.54) is 5.56 Å². The van der Waals surface area contributed by atoms with Gasteiger partial charge in [-0.1, -0.05) is 55.5 Å². The van der Waals surface area contributed by atoms with Crippen molar-refractivity contribution < 1.29 is 9.90 Å². The molecule has 0 spiro atoms. The van der Waals surface area contributed by atoms with Gasteiger partial charge in [-0.05, 0) is 47.2 Å². The molecule has 4 N–H and O–H groups in total. The second-order valence-electron chi connectivity index (χ2n) is 8.49. The maximum absolute atomic E-state index is 11.2. The standard InChI is InChI=1S/C26H30N4O2/c1-17-10-11-20(13-21(17)14-24(31)32)18(2)15-29-25(19-7-4-3-5-8-19)23-16-28-22-9-6-12-27-26(22)30-23/h3-13,18,23,25,28-29H,14-16H2,1-2H3,(H,27,30)(H,31,32)/t18-,23-,25-/m1/s1. The zero-order valence-electron chi connectivity index (χ0n) is 18.5. The normalized spacial score (nSPS) is 16.9. The Morgan fingerprint density at radius 2 is 1.97 bits per heavy atom. The minimum absolute atomic E-state index is 0.0521. The molecule has 32 heavy (non-hydrogen) atoms. The lowest BCUT2D eigenvalue weighted by Crippen LogP contribution is -2.45. The van der Waals surface area contributed by atoms with E-state index < -0.39 is 5.97 Å². The summed E-state index contributed by atoms with van der Waals surface area (Å²) in [5.41, 5.74) is 5.28. The molecule has 166 valence electrons. The van der Waals surface area contributed by atoms with Crippen molar-refractivity contribution in [3.63, 3.8) is 0 Å². The van der Waals surface area contributed by atoms with E-state index in [0.29, 0.717) is 0 Å². The molecule has 1 aliphatic rings. The van der Waals surface area contributed by atoms with Crippen LogP contribution in [-0.2, 0) is 11.2 Å². The third kappa shape index (κ3) is 5.08. The lowest BCUT2D eigenvalue weighted by molar-refractivity contribution is -0.136. The molecule has 2 aromatic carbocycles. The molecule has 2 heterocycles. The average molecular weight is 431 g/mol. The summed E-state index contributed by atoms with van der Waals surface area (Å²) < 4.78 is 0. The van der Waals surface area contributed by atoms with Gasteiger partial charge in [0.1, 0.15) is 5.82 Å². The van der Waals surface area contributed by atoms with E-state index >= 15 is 0 Å². The molecular weight excluding hydrogens is 400 g/mol. The Morgan fingerprint density at radius 3 is 2.75 bits per heavy atom. The molecule has 6 heteroatoms. The number of rotatable bonds is 8. The molecule has 3 atom stereocenters. The van der Waals surface area contributed by atoms with Gasteiger partial charge in [0.25, 0.3) is 0 Å². The van der Waals surface area contributed by atoms with Crippen molar-refractivity contribution in [2.24, 2.45) is 0 Å². The number of carboxylic acid groups (broad SMARTS) is 1. The highest BCUT2D eigenvalue weighted by molar-refractivity contribution is 5.71. The fourth-order valence-corrected chi connectivity index (χ4v) is 4.24. The number of anilines is 2. The predicted octanol–water partition coefficient (Wildman–Crippen LogP) is 4.36. The molecule has 0 saturated carbocycles. The number of aliphatic carboxylic acids is 1. The van der Waals surface area contributed by atoms with Crippen molar-refractivity contribution in [2.75, 3.05) is 23.7 Å². The van der Waals surface area contributed by atoms with Gasteiger partial charge in [0.15, 0.2) is 0 Å². The van der Waals surface area contributed by atoms with Crippen molar-refractivity contribution in [1.29, 1.82) is 0 Å². The summed E-state index contributed by atoms with van der Waals surface area (Å²) in [6, 6.07) is 20.8. The molecule has 1 aliphatic heterocycles. The minimum atomic E-state index is -0.801. The van der Waals surface area contributed by atoms with Gasteiger partial charge in [-0.3, -0.25) is 4.79 Å². The first-order valence-corrected chi connectivity index (χ1v) is 11.1. The molecule has 0 radical (unpaired) electrons. The van der Waals surface area contributed by atoms with Crippen LogP contribution in [0.25, 0.3) is 0 Å². The number of nitrogens with zero attached hydrogens (tertiary/aromatic N) is 1. The maximum Gasteiger partial charge on any atom is 0.307 e. The summed E-state index contributed by atoms with van der Waals surface area (Å²) >= 11 is 0. The molecule has 6 nitrogen and oxygen atoms in total. The van der Waals surface area contributed by atoms with E-state index in [4.69, 9.17) is 0 Å². The van der Waals surface area contributed by atoms with E-state index in [0.717, 1.165) is 41.3 Å². The Balaban J connectivity index is 1.51. The first-order valence-electron chi connectivity index (χ1n) is 11.1. The van der Waals surface area contributed by atoms with Crippen LogP contribution in [0.3, 0.4) is 0 Å². The highest BCUT2D eigenvalue weighted by Gasteiger charge is 2.27. The summed E-state index contributed by atoms with van der Waals surface area (Å²) in [6.07, 6.45) is 1.85. The van der Waals surface area contributed by atoms with Crippen LogP contribution in [0, 0.1) is 6.92 Å². The Morgan fingerprint density at radius 1 is 1.16 bits per heavy atom. The second-order valence-corrected chi connectivity index (χ2v) is 8.49. The van der Waals surface area contributed by atoms with Crippen LogP contribution in [0.4, 0.5) is 11.5 Å². The van der Waals surface area contributed by atoms with Crippen LogP contribution >= 0.6 is 0 Å². The topological polar surface area (TPSA) is 86.3 Å². The molecule has 4 rings (SSSR count). The molecule has 1 aromatic heterocycles. The van der Waals surface area contributed by atoms with Crippen molar-refractivity contribution in [3.8, 4) is 0 Å². The van der Waals surface area contributed by atoms with Crippen molar-refractivity contribution >= 4 is 17.5 Å². The fourth-order valence-electron chi connectivity index (χ4n) is 4.24. The molecule has 0 fully saturated rings. The van der Waals surface area contributed by atoms with Gasteiger partial charge in [0.2, 0.25) is 0 Å². The van der Waals surface area contributed by atoms with E-state index in [1.54, 1.807) is 6.20 Å². The van der Waals surface area contributed by atoms with Gasteiger partial charge in [0.05, 0.1) is 24.2 Å². The summed E-state index contributed by atoms with van der Waals surface area (Å²) in [6.45, 7) is 5.69. The summed E-state index contributed by atoms with van der Waals surface area (Å²) in [5, 5.41) is 20.1. The summed E-state index contributed by atoms with van der Waals surface area (Å²) in [7, 11) is 0. The van der Waals surface area contributed by atoms with Gasteiger partial charge < -0.3 is 21.1 Å². The number of aryl methyl sites for hydroxylation is 1. The average Bonchev–Trinajstić information content (AvgIpc) is 2.81. The molecule has 3 aromatic rings. The Bertz CT molecular complexity index is 1070. The van der Waals surface area contributed by atoms with Gasteiger partial charge in [-0.25, -0.2) is 4.98 Å². The van der Waals surface area contributed by atoms with Crippen molar-refractivity contribution in [1.82, 2.24) is 10.3 Å². The first-order chi connectivity index (χ1) is 15.5. The zero-order chi connectivity index (χ0) is 22.5. The summed E-state index contributed by atoms with van der Waals surface area (Å²) in [4.78, 5) is 15.7. The second kappa shape index (κ2) is 9.83. The van der Waals surface area contributed by atoms with Crippen LogP contribution in [0.15, 0.2) is 66.9 Å². The van der Waals surface area contributed by atoms with Gasteiger partial charge >= 0.3 is 5.97 Å². The molecular formula is C26H30N4O2. The molecule has 0 saturated heterocycles. The number of carboxylic acids is 1. The van der Waals surface area contributed by atoms with Gasteiger partial charge in [-0.2, -0.15) is 0 Å². The highest BCUT2D eigenvalue weighted by atomic mass is 16.4. The number of nitrogens with one attached hydrogen (secondary N) is 3. The Labute approximate surface area is 189 Å². The fraction of sp³-hybridized carbons (Fsp3) is 0.308. The van der Waals surface area contributed by atoms with Crippen LogP contribution in [0.1, 0.15) is 41.1 Å². The van der Waals surface area contributed by atoms with Crippen molar-refractivity contribution in [2.45, 2.75) is 38.3 Å². The first kappa shape index (κ1) is 21.8. The Hall–Kier alpha value is -3.38. The Kier molecular flexibility index (Phi) is 6.71. The monoisotopic (exact) mass is 430 g/mol. The number of hydrogen-bond acceptors (Lipinski definition) is 5. The molecule has 0 aliphatic carbocycles. The lowest BCUT2D eigenvalue weighted by atomic mass is 9.93. The van der Waals surface area contributed by atoms with Crippen LogP contribution in [0.2, 0.25) is 0 Å². The zero-order valence-corrected chi connectivity index (χ0v) is 18.5. The number of hydrogen-bond donors (Lipinski definition) is 4. The number of pyridine rings is 1. The quantitative estimate of drug-likeness (QED) is 0.425. The lowest BCUT2D eigenvalue weighted by Gasteiger charge is -2.35. The van der Waals surface area contributed by atoms with Gasteiger partial charge in [0, 0.05) is 19.3 Å². The smallest absolute Gasteiger partial charge is 0.307 e. The van der Waals surface area contributed by atoms with E-state index in [9.17, 15) is 9.90 Å². The third-order valence-electron chi connectivity index (χ3n) is 6.13. The SMILES string of the molecule is Cc1ccc([C@H](C)CN[C@H](c2ccccc2)[C@H]2CNc3cccnc3N2)cc1CC(=O)O. The third-order valence-corrected chi connectivity index (χ3v) is 6.13. The molecule has 0 unspecified atom stereocenters. The van der Waals surface area contributed by atoms with E-state index in [1.807, 2.05) is 37.3 Å². The minimum Gasteiger partial charge on any atom is -0.481 e. The van der Waals surface area contributed by atoms with Crippen molar-refractivity contribution in [3.05, 3.63) is 89.1 Å². The largest absolute Gasteiger partial charge is 0.481 e. The van der Waals surface area contributed by atoms with E-state index in [-0.39, 0.29) is 24.4 Å². The number of carbonyl (C=O) groups is 1. The predicted molar refractivity (Wildman–Crippen MR) is 128 cm³/mol. The van der Waals surface area contributed by atoms with Crippen LogP contribution in [-0.4, -0.2) is 35.2 Å². The number of benzene rings is 2. The maximum atomic E-state index is 11.2. The van der Waals surface area contributed by atoms with E-state index in [2.05, 4.69) is 58.2 Å². The molecule has 0 amide bonds. The summed E-state index contributed by atoms with van der Waals surface area (Å²) in [5.74, 6) is 0.303. The van der Waals surface area contributed by atoms with Gasteiger partial charge in [-0.15, -0.1) is 0 Å². The number of aromatic nitrogens is 1. The number of fused-ring (bicyclic) bond motifs is 1.